The van der Waals surface area contributed by atoms with Gasteiger partial charge in [-0.25, -0.2) is 0 Å². The van der Waals surface area contributed by atoms with E-state index in [-0.39, 0.29) is 14.7 Å². The Balaban J connectivity index is 0.000000291. The molecule has 0 aromatic heterocycles. The number of alkyl halides is 6. The Labute approximate surface area is 174 Å². The fraction of sp³-hybridized carbons (Fsp3) is 0.200. The van der Waals surface area contributed by atoms with Crippen molar-refractivity contribution in [3.05, 3.63) is 44.8 Å². The zero-order valence-electron chi connectivity index (χ0n) is 13.8. The van der Waals surface area contributed by atoms with Crippen LogP contribution in [0.3, 0.4) is 0 Å². The van der Waals surface area contributed by atoms with Crippen molar-refractivity contribution in [3.8, 4) is 23.0 Å². The number of phenols is 1. The number of benzene rings is 2. The molecule has 4 nitrogen and oxygen atoms in total. The number of halogens is 10. The minimum Gasteiger partial charge on any atom is -0.504 e. The summed E-state index contributed by atoms with van der Waals surface area (Å²) in [7, 11) is 1.14. The van der Waals surface area contributed by atoms with E-state index >= 15 is 0 Å². The van der Waals surface area contributed by atoms with Crippen LogP contribution in [-0.2, 0) is 0 Å². The van der Waals surface area contributed by atoms with Crippen molar-refractivity contribution in [2.24, 2.45) is 0 Å². The second kappa shape index (κ2) is 9.69. The molecule has 14 heteroatoms. The summed E-state index contributed by atoms with van der Waals surface area (Å²) in [6, 6.07) is 3.85. The maximum atomic E-state index is 13.3. The van der Waals surface area contributed by atoms with Crippen LogP contribution in [0.15, 0.2) is 33.2 Å². The van der Waals surface area contributed by atoms with Gasteiger partial charge in [0.1, 0.15) is 0 Å². The van der Waals surface area contributed by atoms with Crippen molar-refractivity contribution in [1.29, 1.82) is 0 Å². The monoisotopic (exact) mass is 562 g/mol. The minimum absolute atomic E-state index is 0.0514. The molecule has 0 aliphatic rings. The number of phenolic OH excluding ortho intramolecular Hbond substituents is 1. The lowest BCUT2D eigenvalue weighted by Crippen LogP contribution is -2.18. The van der Waals surface area contributed by atoms with Gasteiger partial charge in [-0.3, -0.25) is 0 Å². The van der Waals surface area contributed by atoms with Crippen LogP contribution in [0.25, 0.3) is 0 Å². The van der Waals surface area contributed by atoms with Gasteiger partial charge in [-0.05, 0) is 56.1 Å². The van der Waals surface area contributed by atoms with Gasteiger partial charge in [-0.1, -0.05) is 0 Å². The first-order chi connectivity index (χ1) is 13.2. The Hall–Kier alpha value is -1.96. The molecule has 0 amide bonds. The van der Waals surface area contributed by atoms with Crippen molar-refractivity contribution in [3.63, 3.8) is 0 Å². The third-order valence-electron chi connectivity index (χ3n) is 2.70. The van der Waals surface area contributed by atoms with E-state index < -0.39 is 41.6 Å². The van der Waals surface area contributed by atoms with Gasteiger partial charge in [0, 0.05) is 0 Å². The molecule has 0 aliphatic heterocycles. The molecule has 1 N–H and O–H groups in total. The van der Waals surface area contributed by atoms with Crippen molar-refractivity contribution in [1.82, 2.24) is 0 Å². The molecule has 0 spiro atoms. The van der Waals surface area contributed by atoms with E-state index in [1.165, 1.54) is 6.07 Å². The van der Waals surface area contributed by atoms with Crippen molar-refractivity contribution >= 4 is 31.9 Å². The van der Waals surface area contributed by atoms with Crippen LogP contribution in [0.1, 0.15) is 0 Å². The number of rotatable bonds is 3. The number of methoxy groups -OCH3 is 1. The summed E-state index contributed by atoms with van der Waals surface area (Å²) in [6.45, 7) is 0. The summed E-state index contributed by atoms with van der Waals surface area (Å²) in [5.74, 6) is -5.93. The maximum Gasteiger partial charge on any atom is 0.573 e. The molecular formula is C15H8Br2F8O4. The Kier molecular flexibility index (Phi) is 8.38. The predicted molar refractivity (Wildman–Crippen MR) is 89.8 cm³/mol. The first kappa shape index (κ1) is 25.1. The number of aromatic hydroxyl groups is 1. The largest absolute Gasteiger partial charge is 0.573 e. The van der Waals surface area contributed by atoms with Gasteiger partial charge in [0.05, 0.1) is 16.1 Å². The lowest BCUT2D eigenvalue weighted by Gasteiger charge is -2.12. The lowest BCUT2D eigenvalue weighted by atomic mass is 10.3. The highest BCUT2D eigenvalue weighted by atomic mass is 79.9. The van der Waals surface area contributed by atoms with Gasteiger partial charge >= 0.3 is 12.7 Å². The van der Waals surface area contributed by atoms with E-state index in [1.807, 2.05) is 0 Å². The molecule has 29 heavy (non-hydrogen) atoms. The Morgan fingerprint density at radius 2 is 1.17 bits per heavy atom. The predicted octanol–water partition coefficient (Wildman–Crippen LogP) is 6.69. The average molecular weight is 564 g/mol. The molecule has 0 radical (unpaired) electrons. The van der Waals surface area contributed by atoms with Gasteiger partial charge in [0.25, 0.3) is 0 Å². The molecule has 0 heterocycles. The van der Waals surface area contributed by atoms with Crippen molar-refractivity contribution in [2.45, 2.75) is 12.7 Å². The van der Waals surface area contributed by atoms with E-state index in [4.69, 9.17) is 5.11 Å². The van der Waals surface area contributed by atoms with E-state index in [0.29, 0.717) is 0 Å². The molecule has 0 atom stereocenters. The average Bonchev–Trinajstić information content (AvgIpc) is 2.57. The van der Waals surface area contributed by atoms with Gasteiger partial charge in [-0.15, -0.1) is 26.3 Å². The SMILES string of the molecule is COc1c(Br)ccc(OC(F)(F)F)c1F.Oc1c(Br)ccc(OC(F)(F)F)c1F. The first-order valence-corrected chi connectivity index (χ1v) is 8.45. The van der Waals surface area contributed by atoms with Crippen LogP contribution in [0.5, 0.6) is 23.0 Å². The number of hydrogen-bond donors (Lipinski definition) is 1. The highest BCUT2D eigenvalue weighted by Crippen LogP contribution is 2.36. The van der Waals surface area contributed by atoms with Gasteiger partial charge < -0.3 is 19.3 Å². The fourth-order valence-corrected chi connectivity index (χ4v) is 2.41. The first-order valence-electron chi connectivity index (χ1n) is 6.86. The molecule has 2 aromatic rings. The van der Waals surface area contributed by atoms with Crippen molar-refractivity contribution < 1.29 is 54.4 Å². The Morgan fingerprint density at radius 1 is 0.759 bits per heavy atom. The topological polar surface area (TPSA) is 47.9 Å². The fourth-order valence-electron chi connectivity index (χ4n) is 1.63. The van der Waals surface area contributed by atoms with E-state index in [1.54, 1.807) is 0 Å². The number of hydrogen-bond acceptors (Lipinski definition) is 4. The minimum atomic E-state index is -4.99. The smallest absolute Gasteiger partial charge is 0.504 e. The molecule has 0 bridgehead atoms. The molecule has 0 aliphatic carbocycles. The van der Waals surface area contributed by atoms with E-state index in [0.717, 1.165) is 25.3 Å². The van der Waals surface area contributed by atoms with Gasteiger partial charge in [-0.2, -0.15) is 8.78 Å². The summed E-state index contributed by atoms with van der Waals surface area (Å²) < 4.78 is 108. The highest BCUT2D eigenvalue weighted by Gasteiger charge is 2.34. The maximum absolute atomic E-state index is 13.3. The molecule has 0 saturated carbocycles. The highest BCUT2D eigenvalue weighted by molar-refractivity contribution is 9.10. The van der Waals surface area contributed by atoms with Gasteiger partial charge in [0.15, 0.2) is 23.0 Å². The van der Waals surface area contributed by atoms with Crippen LogP contribution in [0.4, 0.5) is 35.1 Å². The van der Waals surface area contributed by atoms with E-state index in [2.05, 4.69) is 46.1 Å². The molecular weight excluding hydrogens is 556 g/mol. The summed E-state index contributed by atoms with van der Waals surface area (Å²) in [4.78, 5) is 0. The third kappa shape index (κ3) is 7.76. The molecule has 2 rings (SSSR count). The summed E-state index contributed by atoms with van der Waals surface area (Å²) >= 11 is 5.65. The van der Waals surface area contributed by atoms with Crippen LogP contribution >= 0.6 is 31.9 Å². The molecule has 162 valence electrons. The summed E-state index contributed by atoms with van der Waals surface area (Å²) in [5.41, 5.74) is 0. The second-order valence-corrected chi connectivity index (χ2v) is 6.41. The summed E-state index contributed by atoms with van der Waals surface area (Å²) in [6.07, 6.45) is -9.92. The Morgan fingerprint density at radius 3 is 1.59 bits per heavy atom. The lowest BCUT2D eigenvalue weighted by molar-refractivity contribution is -0.276. The quantitative estimate of drug-likeness (QED) is 0.423. The molecule has 0 unspecified atom stereocenters. The third-order valence-corrected chi connectivity index (χ3v) is 3.96. The molecule has 0 fully saturated rings. The number of ether oxygens (including phenoxy) is 3. The second-order valence-electron chi connectivity index (χ2n) is 4.70. The van der Waals surface area contributed by atoms with Crippen LogP contribution < -0.4 is 14.2 Å². The zero-order chi connectivity index (χ0) is 22.6. The molecule has 2 aromatic carbocycles. The van der Waals surface area contributed by atoms with E-state index in [9.17, 15) is 35.1 Å². The van der Waals surface area contributed by atoms with Crippen LogP contribution in [-0.4, -0.2) is 24.9 Å². The standard InChI is InChI=1S/C8H5BrF4O2.C7H3BrF4O2/c1-14-7-4(9)2-3-5(6(7)10)15-8(11,12)13;8-3-1-2-4(5(9)6(3)13)14-7(10,11)12/h2-3H,1H3;1-2,13H. The normalized spacial score (nSPS) is 11.4. The summed E-state index contributed by atoms with van der Waals surface area (Å²) in [5, 5.41) is 8.91. The van der Waals surface area contributed by atoms with Crippen molar-refractivity contribution in [2.75, 3.05) is 7.11 Å². The van der Waals surface area contributed by atoms with Gasteiger partial charge in [0.2, 0.25) is 11.6 Å². The van der Waals surface area contributed by atoms with Crippen LogP contribution in [0, 0.1) is 11.6 Å². The van der Waals surface area contributed by atoms with Crippen LogP contribution in [0.2, 0.25) is 0 Å². The Bertz CT molecular complexity index is 856. The molecule has 0 saturated heterocycles. The zero-order valence-corrected chi connectivity index (χ0v) is 16.9.